The summed E-state index contributed by atoms with van der Waals surface area (Å²) in [6, 6.07) is 2.63. The Morgan fingerprint density at radius 3 is 2.31 bits per heavy atom. The van der Waals surface area contributed by atoms with Crippen LogP contribution in [-0.4, -0.2) is 54.1 Å². The maximum atomic E-state index is 14.3. The number of ketones is 1. The van der Waals surface area contributed by atoms with E-state index in [1.165, 1.54) is 18.7 Å². The molecule has 1 fully saturated rings. The zero-order valence-electron chi connectivity index (χ0n) is 25.6. The predicted molar refractivity (Wildman–Crippen MR) is 159 cm³/mol. The van der Waals surface area contributed by atoms with Crippen LogP contribution in [0, 0.1) is 32.5 Å². The highest BCUT2D eigenvalue weighted by molar-refractivity contribution is 6.09. The number of pyridine rings is 1. The molecule has 1 aliphatic rings. The molecule has 0 radical (unpaired) electrons. The van der Waals surface area contributed by atoms with Crippen LogP contribution in [0.1, 0.15) is 60.2 Å². The first kappa shape index (κ1) is 31.7. The molecule has 4 heterocycles. The second kappa shape index (κ2) is 11.7. The van der Waals surface area contributed by atoms with Crippen molar-refractivity contribution in [3.63, 3.8) is 0 Å². The summed E-state index contributed by atoms with van der Waals surface area (Å²) < 4.78 is 55.9. The summed E-state index contributed by atoms with van der Waals surface area (Å²) in [5.41, 5.74) is 1.73. The molecule has 1 aromatic carbocycles. The van der Waals surface area contributed by atoms with Crippen LogP contribution in [0.5, 0.6) is 0 Å². The third-order valence-electron chi connectivity index (χ3n) is 8.49. The predicted octanol–water partition coefficient (Wildman–Crippen LogP) is 6.04. The Balaban J connectivity index is 1.47. The number of carbonyl (C=O) groups excluding carboxylic acids is 3. The van der Waals surface area contributed by atoms with Gasteiger partial charge in [-0.1, -0.05) is 6.92 Å². The van der Waals surface area contributed by atoms with E-state index in [2.05, 4.69) is 20.3 Å². The molecule has 4 aromatic rings. The number of likely N-dealkylation sites (tertiary alicyclic amines) is 1. The quantitative estimate of drug-likeness (QED) is 0.207. The van der Waals surface area contributed by atoms with E-state index < -0.39 is 41.4 Å². The maximum absolute atomic E-state index is 14.3. The molecule has 13 heteroatoms. The lowest BCUT2D eigenvalue weighted by Crippen LogP contribution is -2.47. The minimum Gasteiger partial charge on any atom is -0.337 e. The molecule has 9 nitrogen and oxygen atoms in total. The van der Waals surface area contributed by atoms with Crippen LogP contribution >= 0.6 is 0 Å². The van der Waals surface area contributed by atoms with Gasteiger partial charge in [-0.15, -0.1) is 0 Å². The molecule has 2 amide bonds. The number of rotatable bonds is 6. The average molecular weight is 625 g/mol. The van der Waals surface area contributed by atoms with Gasteiger partial charge >= 0.3 is 6.18 Å². The lowest BCUT2D eigenvalue weighted by atomic mass is 10.0. The smallest absolute Gasteiger partial charge is 0.337 e. The minimum absolute atomic E-state index is 0.118. The molecule has 5 rings (SSSR count). The molecule has 3 aromatic heterocycles. The third kappa shape index (κ3) is 6.03. The van der Waals surface area contributed by atoms with Gasteiger partial charge in [0.15, 0.2) is 5.78 Å². The highest BCUT2D eigenvalue weighted by Crippen LogP contribution is 2.35. The molecule has 0 saturated carbocycles. The van der Waals surface area contributed by atoms with Crippen LogP contribution in [0.3, 0.4) is 0 Å². The number of benzene rings is 1. The van der Waals surface area contributed by atoms with E-state index in [0.717, 1.165) is 16.7 Å². The summed E-state index contributed by atoms with van der Waals surface area (Å²) in [5.74, 6) is -2.60. The normalized spacial score (nSPS) is 18.4. The lowest BCUT2D eigenvalue weighted by Gasteiger charge is -2.29. The van der Waals surface area contributed by atoms with E-state index in [1.54, 1.807) is 37.0 Å². The Hall–Kier alpha value is -4.68. The van der Waals surface area contributed by atoms with E-state index in [-0.39, 0.29) is 42.3 Å². The zero-order chi connectivity index (χ0) is 33.0. The van der Waals surface area contributed by atoms with E-state index in [1.807, 2.05) is 26.0 Å². The van der Waals surface area contributed by atoms with Crippen LogP contribution in [0.2, 0.25) is 0 Å². The van der Waals surface area contributed by atoms with Gasteiger partial charge in [-0.05, 0) is 70.2 Å². The van der Waals surface area contributed by atoms with Gasteiger partial charge < -0.3 is 14.8 Å². The number of nitrogens with zero attached hydrogens (tertiary/aromatic N) is 5. The monoisotopic (exact) mass is 624 g/mol. The molecule has 3 atom stereocenters. The Morgan fingerprint density at radius 1 is 1.02 bits per heavy atom. The number of carbonyl (C=O) groups is 3. The molecule has 0 aliphatic carbocycles. The highest BCUT2D eigenvalue weighted by atomic mass is 19.4. The molecule has 0 unspecified atom stereocenters. The van der Waals surface area contributed by atoms with Crippen molar-refractivity contribution in [2.24, 2.45) is 5.92 Å². The summed E-state index contributed by atoms with van der Waals surface area (Å²) >= 11 is 0. The zero-order valence-corrected chi connectivity index (χ0v) is 25.6. The van der Waals surface area contributed by atoms with Gasteiger partial charge in [0.05, 0.1) is 5.52 Å². The van der Waals surface area contributed by atoms with Crippen molar-refractivity contribution in [1.29, 1.82) is 0 Å². The molecule has 0 bridgehead atoms. The third-order valence-corrected chi connectivity index (χ3v) is 8.49. The number of halogens is 4. The summed E-state index contributed by atoms with van der Waals surface area (Å²) in [7, 11) is 0. The topological polar surface area (TPSA) is 110 Å². The fourth-order valence-electron chi connectivity index (χ4n) is 5.90. The number of amides is 2. The number of hydrogen-bond donors (Lipinski definition) is 1. The number of alkyl halides is 3. The first-order chi connectivity index (χ1) is 21.1. The molecule has 45 heavy (non-hydrogen) atoms. The lowest BCUT2D eigenvalue weighted by molar-refractivity contribution is -0.141. The summed E-state index contributed by atoms with van der Waals surface area (Å²) in [6.45, 7) is 9.76. The van der Waals surface area contributed by atoms with Gasteiger partial charge in [0.1, 0.15) is 35.7 Å². The molecule has 236 valence electrons. The number of anilines is 1. The molecule has 1 N–H and O–H groups in total. The van der Waals surface area contributed by atoms with Crippen LogP contribution in [0.25, 0.3) is 22.0 Å². The maximum Gasteiger partial charge on any atom is 0.433 e. The Morgan fingerprint density at radius 2 is 1.69 bits per heavy atom. The summed E-state index contributed by atoms with van der Waals surface area (Å²) in [6.07, 6.45) is 0.333. The van der Waals surface area contributed by atoms with Crippen molar-refractivity contribution in [1.82, 2.24) is 24.4 Å². The molecule has 0 spiro atoms. The summed E-state index contributed by atoms with van der Waals surface area (Å²) in [5, 5.41) is 2.98. The van der Waals surface area contributed by atoms with E-state index in [4.69, 9.17) is 0 Å². The van der Waals surface area contributed by atoms with E-state index >= 15 is 0 Å². The molecule has 1 aliphatic heterocycles. The van der Waals surface area contributed by atoms with Gasteiger partial charge in [-0.3, -0.25) is 14.4 Å². The Kier molecular flexibility index (Phi) is 8.23. The Bertz CT molecular complexity index is 1830. The van der Waals surface area contributed by atoms with Gasteiger partial charge in [-0.25, -0.2) is 19.3 Å². The van der Waals surface area contributed by atoms with Crippen molar-refractivity contribution in [3.05, 3.63) is 70.8 Å². The summed E-state index contributed by atoms with van der Waals surface area (Å²) in [4.78, 5) is 53.4. The number of fused-ring (bicyclic) bond motifs is 1. The van der Waals surface area contributed by atoms with Gasteiger partial charge in [0, 0.05) is 52.8 Å². The molecular weight excluding hydrogens is 592 g/mol. The van der Waals surface area contributed by atoms with Crippen molar-refractivity contribution in [3.8, 4) is 11.1 Å². The van der Waals surface area contributed by atoms with Crippen LogP contribution < -0.4 is 5.32 Å². The van der Waals surface area contributed by atoms with E-state index in [9.17, 15) is 31.9 Å². The van der Waals surface area contributed by atoms with Gasteiger partial charge in [0.25, 0.3) is 0 Å². The number of aryl methyl sites for hydroxylation is 2. The second-order valence-electron chi connectivity index (χ2n) is 11.7. The van der Waals surface area contributed by atoms with Crippen molar-refractivity contribution in [2.45, 2.75) is 72.8 Å². The van der Waals surface area contributed by atoms with Crippen molar-refractivity contribution in [2.75, 3.05) is 5.32 Å². The first-order valence-electron chi connectivity index (χ1n) is 14.4. The fraction of sp³-hybridized carbons (Fsp3) is 0.375. The number of Topliss-reactive ketones (excluding diaryl/α,β-unsaturated/α-hetero) is 1. The first-order valence-corrected chi connectivity index (χ1v) is 14.4. The van der Waals surface area contributed by atoms with Crippen molar-refractivity contribution >= 4 is 34.3 Å². The highest BCUT2D eigenvalue weighted by Gasteiger charge is 2.43. The van der Waals surface area contributed by atoms with E-state index in [0.29, 0.717) is 22.3 Å². The Labute approximate surface area is 256 Å². The van der Waals surface area contributed by atoms with Gasteiger partial charge in [0.2, 0.25) is 11.8 Å². The SMILES string of the molecule is CC(=O)c1cn(CC(=O)N2[C@H](C)[C@@H](C)C[C@H]2C(=O)Nc2nc(C(F)(F)F)cc(F)c2C)c2c(C)cc(-c3cnc(C)nc3)cc12. The van der Waals surface area contributed by atoms with Crippen LogP contribution in [-0.2, 0) is 22.3 Å². The molecule has 1 saturated heterocycles. The van der Waals surface area contributed by atoms with Gasteiger partial charge in [-0.2, -0.15) is 13.2 Å². The fourth-order valence-corrected chi connectivity index (χ4v) is 5.90. The van der Waals surface area contributed by atoms with Crippen LogP contribution in [0.15, 0.2) is 36.8 Å². The number of aromatic nitrogens is 4. The molecular formula is C32H32F4N6O3. The van der Waals surface area contributed by atoms with Crippen molar-refractivity contribution < 1.29 is 31.9 Å². The largest absolute Gasteiger partial charge is 0.433 e. The minimum atomic E-state index is -4.92. The number of hydrogen-bond acceptors (Lipinski definition) is 6. The van der Waals surface area contributed by atoms with Crippen LogP contribution in [0.4, 0.5) is 23.4 Å². The standard InChI is InChI=1S/C32H32F4N6O3/c1-15-8-26(31(45)40-30-17(3)25(33)10-27(39-30)32(34,35)36)42(18(15)4)28(44)14-41-13-24(19(5)43)23-9-21(7-16(2)29(23)41)22-11-37-20(6)38-12-22/h7,9-13,15,18,26H,8,14H2,1-6H3,(H,39,40,45)/t15-,18+,26-/m0/s1. The second-order valence-corrected chi connectivity index (χ2v) is 11.7. The average Bonchev–Trinajstić information content (AvgIpc) is 3.48. The number of nitrogens with one attached hydrogen (secondary N) is 1.